The molecule has 8 nitrogen and oxygen atoms in total. The van der Waals surface area contributed by atoms with Gasteiger partial charge >= 0.3 is 6.18 Å². The van der Waals surface area contributed by atoms with Gasteiger partial charge < -0.3 is 16.2 Å². The Bertz CT molecular complexity index is 1110. The zero-order valence-corrected chi connectivity index (χ0v) is 19.6. The minimum atomic E-state index is -4.77. The summed E-state index contributed by atoms with van der Waals surface area (Å²) in [4.78, 5) is 14.5. The van der Waals surface area contributed by atoms with E-state index < -0.39 is 18.2 Å². The quantitative estimate of drug-likeness (QED) is 0.565. The average molecular weight is 491 g/mol. The number of aliphatic hydroxyl groups excluding tert-OH is 1. The van der Waals surface area contributed by atoms with Gasteiger partial charge in [0.05, 0.1) is 18.0 Å². The fourth-order valence-electron chi connectivity index (χ4n) is 5.14. The molecular formula is C24H29F3N6O2. The third-order valence-electron chi connectivity index (χ3n) is 6.87. The molecule has 2 fully saturated rings. The number of benzene rings is 1. The van der Waals surface area contributed by atoms with Crippen molar-refractivity contribution in [3.05, 3.63) is 41.6 Å². The molecule has 4 atom stereocenters. The summed E-state index contributed by atoms with van der Waals surface area (Å²) in [5, 5.41) is 26.6. The molecule has 4 rings (SSSR count). The van der Waals surface area contributed by atoms with E-state index in [1.807, 2.05) is 0 Å². The number of nitrogens with two attached hydrogens (primary N) is 1. The molecule has 0 radical (unpaired) electrons. The molecule has 1 saturated heterocycles. The van der Waals surface area contributed by atoms with Crippen LogP contribution in [0.25, 0.3) is 0 Å². The van der Waals surface area contributed by atoms with Crippen LogP contribution in [0, 0.1) is 22.7 Å². The number of alkyl halides is 3. The van der Waals surface area contributed by atoms with E-state index in [2.05, 4.69) is 35.2 Å². The van der Waals surface area contributed by atoms with Crippen molar-refractivity contribution in [2.75, 3.05) is 18.4 Å². The van der Waals surface area contributed by atoms with Gasteiger partial charge in [-0.1, -0.05) is 26.0 Å². The zero-order valence-electron chi connectivity index (χ0n) is 19.6. The highest BCUT2D eigenvalue weighted by Crippen LogP contribution is 2.41. The Balaban J connectivity index is 1.50. The first-order valence-electron chi connectivity index (χ1n) is 11.5. The van der Waals surface area contributed by atoms with E-state index >= 15 is 0 Å². The lowest BCUT2D eigenvalue weighted by Crippen LogP contribution is -2.58. The van der Waals surface area contributed by atoms with Crippen molar-refractivity contribution in [2.45, 2.75) is 57.5 Å². The first-order valence-corrected chi connectivity index (χ1v) is 11.5. The van der Waals surface area contributed by atoms with Crippen LogP contribution in [0.5, 0.6) is 0 Å². The summed E-state index contributed by atoms with van der Waals surface area (Å²) in [6.45, 7) is 6.49. The minimum absolute atomic E-state index is 0.118. The molecular weight excluding hydrogens is 461 g/mol. The Kier molecular flexibility index (Phi) is 6.55. The molecule has 11 heteroatoms. The molecule has 0 bridgehead atoms. The van der Waals surface area contributed by atoms with Crippen LogP contribution in [0.4, 0.5) is 24.7 Å². The molecule has 0 spiro atoms. The normalized spacial score (nSPS) is 25.3. The maximum absolute atomic E-state index is 12.7. The van der Waals surface area contributed by atoms with Gasteiger partial charge in [-0.15, -0.1) is 0 Å². The van der Waals surface area contributed by atoms with E-state index in [1.54, 1.807) is 4.68 Å². The maximum atomic E-state index is 12.7. The van der Waals surface area contributed by atoms with Crippen molar-refractivity contribution in [1.82, 2.24) is 14.7 Å². The Hall–Kier alpha value is -3.10. The van der Waals surface area contributed by atoms with E-state index in [9.17, 15) is 28.3 Å². The molecule has 2 aliphatic rings. The van der Waals surface area contributed by atoms with Crippen LogP contribution in [0.3, 0.4) is 0 Å². The Morgan fingerprint density at radius 3 is 2.49 bits per heavy atom. The van der Waals surface area contributed by atoms with Gasteiger partial charge in [-0.05, 0) is 42.4 Å². The van der Waals surface area contributed by atoms with Gasteiger partial charge in [-0.2, -0.15) is 23.5 Å². The lowest BCUT2D eigenvalue weighted by molar-refractivity contribution is -0.206. The van der Waals surface area contributed by atoms with E-state index in [0.717, 1.165) is 44.5 Å². The van der Waals surface area contributed by atoms with Crippen LogP contribution in [0.15, 0.2) is 30.5 Å². The second-order valence-corrected chi connectivity index (χ2v) is 10.3. The Morgan fingerprint density at radius 1 is 1.29 bits per heavy atom. The van der Waals surface area contributed by atoms with Crippen molar-refractivity contribution in [3.63, 3.8) is 0 Å². The monoisotopic (exact) mass is 490 g/mol. The average Bonchev–Trinajstić information content (AvgIpc) is 3.20. The van der Waals surface area contributed by atoms with Crippen molar-refractivity contribution < 1.29 is 23.1 Å². The Labute approximate surface area is 201 Å². The van der Waals surface area contributed by atoms with Crippen molar-refractivity contribution in [2.24, 2.45) is 17.1 Å². The molecule has 1 aliphatic carbocycles. The molecule has 2 aromatic rings. The van der Waals surface area contributed by atoms with Crippen LogP contribution >= 0.6 is 0 Å². The van der Waals surface area contributed by atoms with Crippen LogP contribution in [0.1, 0.15) is 61.2 Å². The van der Waals surface area contributed by atoms with E-state index in [1.165, 1.54) is 18.3 Å². The number of nitrogens with zero attached hydrogens (tertiary/aromatic N) is 4. The summed E-state index contributed by atoms with van der Waals surface area (Å²) < 4.78 is 39.8. The number of likely N-dealkylation sites (tertiary alicyclic amines) is 1. The third kappa shape index (κ3) is 5.28. The smallest absolute Gasteiger partial charge is 0.379 e. The third-order valence-corrected chi connectivity index (χ3v) is 6.87. The van der Waals surface area contributed by atoms with Crippen LogP contribution in [-0.4, -0.2) is 51.0 Å². The highest BCUT2D eigenvalue weighted by atomic mass is 19.4. The fourth-order valence-corrected chi connectivity index (χ4v) is 5.14. The predicted octanol–water partition coefficient (Wildman–Crippen LogP) is 3.90. The molecule has 1 aromatic carbocycles. The first kappa shape index (κ1) is 25.0. The highest BCUT2D eigenvalue weighted by molar-refractivity contribution is 5.98. The molecule has 1 aromatic heterocycles. The molecule has 35 heavy (non-hydrogen) atoms. The molecule has 188 valence electrons. The lowest BCUT2D eigenvalue weighted by Gasteiger charge is -2.52. The number of hydrogen-bond acceptors (Lipinski definition) is 6. The van der Waals surface area contributed by atoms with Crippen LogP contribution in [0.2, 0.25) is 0 Å². The number of primary amides is 1. The standard InChI is InChI=1S/C24H29F3N6O2/c1-23(2)12-32(13-23)17-7-8-19(15(9-17)10-28)33-11-18(21(29)35)22(31-33)30-16-5-3-14(4-6-16)20(34)24(25,26)27/h3-6,11,15,17,19-20,34H,7-9,12-13H2,1-2H3,(H2,29,35)(H,30,31)/t15-,17-,19+,20-/m1/s1. The number of aromatic nitrogens is 2. The number of carbonyl (C=O) groups is 1. The van der Waals surface area contributed by atoms with E-state index in [0.29, 0.717) is 17.1 Å². The van der Waals surface area contributed by atoms with Gasteiger partial charge in [0.1, 0.15) is 5.56 Å². The molecule has 1 amide bonds. The molecule has 4 N–H and O–H groups in total. The topological polar surface area (TPSA) is 120 Å². The van der Waals surface area contributed by atoms with Gasteiger partial charge in [0.15, 0.2) is 11.9 Å². The molecule has 1 aliphatic heterocycles. The summed E-state index contributed by atoms with van der Waals surface area (Å²) in [6.07, 6.45) is -3.48. The first-order chi connectivity index (χ1) is 16.4. The van der Waals surface area contributed by atoms with Gasteiger partial charge in [0, 0.05) is 31.0 Å². The number of amides is 1. The SMILES string of the molecule is CC1(C)CN([C@@H]2CC[C@H](n3cc(C(N)=O)c(Nc4ccc([C@@H](O)C(F)(F)F)cc4)n3)[C@@H](C#N)C2)C1. The number of nitriles is 1. The molecule has 0 unspecified atom stereocenters. The number of hydrogen-bond donors (Lipinski definition) is 3. The van der Waals surface area contributed by atoms with E-state index in [4.69, 9.17) is 5.73 Å². The second kappa shape index (κ2) is 9.17. The van der Waals surface area contributed by atoms with Gasteiger partial charge in [0.25, 0.3) is 5.91 Å². The largest absolute Gasteiger partial charge is 0.418 e. The number of nitrogens with one attached hydrogen (secondary N) is 1. The van der Waals surface area contributed by atoms with Gasteiger partial charge in [-0.25, -0.2) is 0 Å². The number of carbonyl (C=O) groups excluding carboxylic acids is 1. The fraction of sp³-hybridized carbons (Fsp3) is 0.542. The Morgan fingerprint density at radius 2 is 1.94 bits per heavy atom. The van der Waals surface area contributed by atoms with Gasteiger partial charge in [-0.3, -0.25) is 14.4 Å². The predicted molar refractivity (Wildman–Crippen MR) is 123 cm³/mol. The van der Waals surface area contributed by atoms with Crippen LogP contribution in [-0.2, 0) is 0 Å². The van der Waals surface area contributed by atoms with E-state index in [-0.39, 0.29) is 28.9 Å². The van der Waals surface area contributed by atoms with Crippen molar-refractivity contribution in [1.29, 1.82) is 5.26 Å². The van der Waals surface area contributed by atoms with Crippen molar-refractivity contribution in [3.8, 4) is 6.07 Å². The summed E-state index contributed by atoms with van der Waals surface area (Å²) in [6, 6.07) is 7.52. The number of aliphatic hydroxyl groups is 1. The second-order valence-electron chi connectivity index (χ2n) is 10.3. The minimum Gasteiger partial charge on any atom is -0.379 e. The number of anilines is 2. The number of rotatable bonds is 6. The molecule has 2 heterocycles. The highest BCUT2D eigenvalue weighted by Gasteiger charge is 2.42. The summed E-state index contributed by atoms with van der Waals surface area (Å²) in [7, 11) is 0. The summed E-state index contributed by atoms with van der Waals surface area (Å²) in [5.41, 5.74) is 6.03. The maximum Gasteiger partial charge on any atom is 0.418 e. The summed E-state index contributed by atoms with van der Waals surface area (Å²) >= 11 is 0. The number of halogens is 3. The zero-order chi connectivity index (χ0) is 25.5. The summed E-state index contributed by atoms with van der Waals surface area (Å²) in [5.74, 6) is -0.841. The van der Waals surface area contributed by atoms with Crippen LogP contribution < -0.4 is 11.1 Å². The molecule has 1 saturated carbocycles. The van der Waals surface area contributed by atoms with Crippen molar-refractivity contribution >= 4 is 17.4 Å². The van der Waals surface area contributed by atoms with Gasteiger partial charge in [0.2, 0.25) is 0 Å². The lowest BCUT2D eigenvalue weighted by atomic mass is 9.77.